The van der Waals surface area contributed by atoms with E-state index in [1.165, 1.54) is 12.1 Å². The molecule has 0 saturated carbocycles. The first-order valence-electron chi connectivity index (χ1n) is 5.24. The summed E-state index contributed by atoms with van der Waals surface area (Å²) >= 11 is 11.9. The minimum absolute atomic E-state index is 0.149. The van der Waals surface area contributed by atoms with E-state index in [9.17, 15) is 21.6 Å². The van der Waals surface area contributed by atoms with E-state index in [0.717, 1.165) is 23.5 Å². The second kappa shape index (κ2) is 5.68. The number of hydrogen-bond donors (Lipinski definition) is 1. The number of alkyl halides is 3. The number of nitrogens with one attached hydrogen (secondary N) is 1. The maximum absolute atomic E-state index is 12.9. The lowest BCUT2D eigenvalue weighted by molar-refractivity contribution is -0.136. The number of anilines is 1. The molecule has 0 fully saturated rings. The molecule has 1 aromatic heterocycles. The zero-order valence-electron chi connectivity index (χ0n) is 9.91. The lowest BCUT2D eigenvalue weighted by Gasteiger charge is -2.14. The second-order valence-electron chi connectivity index (χ2n) is 3.85. The molecule has 0 spiro atoms. The number of thiophene rings is 1. The van der Waals surface area contributed by atoms with Crippen molar-refractivity contribution in [3.63, 3.8) is 0 Å². The summed E-state index contributed by atoms with van der Waals surface area (Å²) in [6.07, 6.45) is -4.74. The predicted molar refractivity (Wildman–Crippen MR) is 76.6 cm³/mol. The third-order valence-electron chi connectivity index (χ3n) is 2.34. The monoisotopic (exact) mass is 375 g/mol. The van der Waals surface area contributed by atoms with E-state index < -0.39 is 27.5 Å². The van der Waals surface area contributed by atoms with Gasteiger partial charge in [-0.3, -0.25) is 4.72 Å². The zero-order chi connectivity index (χ0) is 15.8. The molecule has 0 atom stereocenters. The molecular formula is C11H6Cl2F3NO2S2. The van der Waals surface area contributed by atoms with Gasteiger partial charge in [-0.2, -0.15) is 13.2 Å². The van der Waals surface area contributed by atoms with Crippen molar-refractivity contribution in [2.24, 2.45) is 0 Å². The van der Waals surface area contributed by atoms with E-state index in [2.05, 4.69) is 0 Å². The quantitative estimate of drug-likeness (QED) is 0.831. The lowest BCUT2D eigenvalue weighted by atomic mass is 10.2. The summed E-state index contributed by atoms with van der Waals surface area (Å²) in [5.41, 5.74) is -1.77. The largest absolute Gasteiger partial charge is 0.418 e. The molecule has 1 N–H and O–H groups in total. The van der Waals surface area contributed by atoms with Crippen LogP contribution in [0.3, 0.4) is 0 Å². The van der Waals surface area contributed by atoms with E-state index in [-0.39, 0.29) is 13.6 Å². The van der Waals surface area contributed by atoms with Gasteiger partial charge in [-0.1, -0.05) is 23.2 Å². The van der Waals surface area contributed by atoms with Gasteiger partial charge in [0.1, 0.15) is 4.21 Å². The Morgan fingerprint density at radius 2 is 1.76 bits per heavy atom. The van der Waals surface area contributed by atoms with Crippen LogP contribution in [-0.2, 0) is 16.2 Å². The molecule has 21 heavy (non-hydrogen) atoms. The Morgan fingerprint density at radius 3 is 2.29 bits per heavy atom. The van der Waals surface area contributed by atoms with Gasteiger partial charge in [-0.25, -0.2) is 8.42 Å². The van der Waals surface area contributed by atoms with Crippen LogP contribution in [0.4, 0.5) is 18.9 Å². The van der Waals surface area contributed by atoms with Crippen LogP contribution >= 0.6 is 34.5 Å². The molecule has 0 aliphatic carbocycles. The summed E-state index contributed by atoms with van der Waals surface area (Å²) in [5, 5.41) is -0.149. The van der Waals surface area contributed by atoms with Crippen molar-refractivity contribution in [2.45, 2.75) is 10.4 Å². The van der Waals surface area contributed by atoms with Crippen molar-refractivity contribution in [2.75, 3.05) is 4.72 Å². The number of rotatable bonds is 3. The molecule has 0 bridgehead atoms. The molecule has 0 aliphatic rings. The van der Waals surface area contributed by atoms with Crippen LogP contribution in [0.25, 0.3) is 0 Å². The topological polar surface area (TPSA) is 46.2 Å². The molecule has 0 saturated heterocycles. The summed E-state index contributed by atoms with van der Waals surface area (Å²) in [7, 11) is -4.15. The maximum atomic E-state index is 12.9. The smallest absolute Gasteiger partial charge is 0.278 e. The Hall–Kier alpha value is -0.960. The molecule has 0 amide bonds. The third kappa shape index (κ3) is 3.82. The maximum Gasteiger partial charge on any atom is 0.418 e. The van der Waals surface area contributed by atoms with E-state index in [1.807, 2.05) is 4.72 Å². The fourth-order valence-electron chi connectivity index (χ4n) is 1.48. The Morgan fingerprint density at radius 1 is 1.10 bits per heavy atom. The molecule has 1 aromatic carbocycles. The van der Waals surface area contributed by atoms with E-state index in [1.54, 1.807) is 0 Å². The van der Waals surface area contributed by atoms with Crippen LogP contribution in [0.15, 0.2) is 34.5 Å². The van der Waals surface area contributed by atoms with Gasteiger partial charge >= 0.3 is 6.18 Å². The first-order chi connectivity index (χ1) is 9.59. The summed E-state index contributed by atoms with van der Waals surface area (Å²) in [5.74, 6) is 0. The van der Waals surface area contributed by atoms with Crippen LogP contribution in [-0.4, -0.2) is 8.42 Å². The fraction of sp³-hybridized carbons (Fsp3) is 0.0909. The molecule has 0 aliphatic heterocycles. The highest BCUT2D eigenvalue weighted by molar-refractivity contribution is 7.94. The molecule has 3 nitrogen and oxygen atoms in total. The molecule has 2 rings (SSSR count). The van der Waals surface area contributed by atoms with Crippen LogP contribution in [0.1, 0.15) is 5.56 Å². The van der Waals surface area contributed by atoms with Gasteiger partial charge in [-0.05, 0) is 30.3 Å². The van der Waals surface area contributed by atoms with Crippen molar-refractivity contribution in [1.29, 1.82) is 0 Å². The molecule has 0 unspecified atom stereocenters. The van der Waals surface area contributed by atoms with E-state index in [4.69, 9.17) is 23.2 Å². The third-order valence-corrected chi connectivity index (χ3v) is 5.67. The molecule has 10 heteroatoms. The molecule has 0 radical (unpaired) electrons. The molecular weight excluding hydrogens is 370 g/mol. The number of sulfonamides is 1. The highest BCUT2D eigenvalue weighted by Gasteiger charge is 2.35. The van der Waals surface area contributed by atoms with Crippen molar-refractivity contribution in [3.05, 3.63) is 45.3 Å². The average Bonchev–Trinajstić information content (AvgIpc) is 2.77. The van der Waals surface area contributed by atoms with Gasteiger partial charge < -0.3 is 0 Å². The SMILES string of the molecule is O=S(=O)(Nc1ccc(Cl)cc1C(F)(F)F)c1ccc(Cl)s1. The normalized spacial score (nSPS) is 12.4. The van der Waals surface area contributed by atoms with Gasteiger partial charge in [0, 0.05) is 5.02 Å². The first-order valence-corrected chi connectivity index (χ1v) is 8.30. The average molecular weight is 376 g/mol. The summed E-state index contributed by atoms with van der Waals surface area (Å²) in [6.45, 7) is 0. The standard InChI is InChI=1S/C11H6Cl2F3NO2S2/c12-6-1-2-8(7(5-6)11(14,15)16)17-21(18,19)10-4-3-9(13)20-10/h1-5,17H. The summed E-state index contributed by atoms with van der Waals surface area (Å²) in [4.78, 5) is 0. The van der Waals surface area contributed by atoms with Gasteiger partial charge in [-0.15, -0.1) is 11.3 Å². The van der Waals surface area contributed by atoms with Crippen molar-refractivity contribution in [1.82, 2.24) is 0 Å². The minimum atomic E-state index is -4.74. The van der Waals surface area contributed by atoms with E-state index >= 15 is 0 Å². The number of hydrogen-bond acceptors (Lipinski definition) is 3. The minimum Gasteiger partial charge on any atom is -0.278 e. The molecule has 1 heterocycles. The Bertz CT molecular complexity index is 772. The van der Waals surface area contributed by atoms with Crippen molar-refractivity contribution < 1.29 is 21.6 Å². The van der Waals surface area contributed by atoms with Crippen LogP contribution in [0.5, 0.6) is 0 Å². The van der Waals surface area contributed by atoms with Crippen LogP contribution in [0.2, 0.25) is 9.36 Å². The molecule has 114 valence electrons. The van der Waals surface area contributed by atoms with Gasteiger partial charge in [0.05, 0.1) is 15.6 Å². The number of benzene rings is 1. The van der Waals surface area contributed by atoms with Crippen molar-refractivity contribution >= 4 is 50.2 Å². The first kappa shape index (κ1) is 16.4. The summed E-state index contributed by atoms with van der Waals surface area (Å²) < 4.78 is 64.7. The lowest BCUT2D eigenvalue weighted by Crippen LogP contribution is -2.16. The summed E-state index contributed by atoms with van der Waals surface area (Å²) in [6, 6.07) is 5.32. The van der Waals surface area contributed by atoms with Gasteiger partial charge in [0.2, 0.25) is 0 Å². The predicted octanol–water partition coefficient (Wildman–Crippen LogP) is 4.87. The fourth-order valence-corrected chi connectivity index (χ4v) is 4.21. The highest BCUT2D eigenvalue weighted by atomic mass is 35.5. The number of halogens is 5. The Balaban J connectivity index is 2.45. The van der Waals surface area contributed by atoms with Crippen LogP contribution in [0, 0.1) is 0 Å². The van der Waals surface area contributed by atoms with E-state index in [0.29, 0.717) is 6.07 Å². The Kier molecular flexibility index (Phi) is 4.44. The van der Waals surface area contributed by atoms with Gasteiger partial charge in [0.15, 0.2) is 0 Å². The second-order valence-corrected chi connectivity index (χ2v) is 7.91. The molecule has 2 aromatic rings. The highest BCUT2D eigenvalue weighted by Crippen LogP contribution is 2.37. The zero-order valence-corrected chi connectivity index (χ0v) is 13.1. The van der Waals surface area contributed by atoms with Gasteiger partial charge in [0.25, 0.3) is 10.0 Å². The van der Waals surface area contributed by atoms with Crippen molar-refractivity contribution in [3.8, 4) is 0 Å². The Labute approximate surface area is 132 Å². The van der Waals surface area contributed by atoms with Crippen LogP contribution < -0.4 is 4.72 Å².